The zero-order valence-electron chi connectivity index (χ0n) is 41.6. The quantitative estimate of drug-likeness (QED) is 0.0397. The maximum Gasteiger partial charge on any atom is 0.416 e. The standard InChI is InChI=1S/C54H49Cl2F6N7O8.CH4/c1-31(2)77-44-26-40(74-3)16-17-41(44)50-66-48(33-7-12-38(55)13-8-33)49(34-9-14-39(56)15-10-34)69(50)52(73)68-22-21-67(47(71)29-68)28-46(70)64-19-20-65-51(72)36(27-63)23-32-5-18-43(45(24-32)75-4)76-30-35-6-11-37(53(57,58)59)25-42(35)54(60,61)62;/h5-18,23-26,31,48-49H,19-22,28-30H2,1-4H3,(H,64,70)(H,65,72);1H4/b36-23+;/t48-,49+;/m1./s1. The molecule has 412 valence electrons. The zero-order valence-corrected chi connectivity index (χ0v) is 43.1. The second-order valence-electron chi connectivity index (χ2n) is 17.7. The number of urea groups is 1. The molecule has 5 aromatic rings. The van der Waals surface area contributed by atoms with Gasteiger partial charge in [0.15, 0.2) is 11.5 Å². The molecule has 0 aromatic heterocycles. The number of rotatable bonds is 17. The normalized spacial score (nSPS) is 15.7. The maximum absolute atomic E-state index is 15.1. The molecule has 7 rings (SSSR count). The predicted molar refractivity (Wildman–Crippen MR) is 279 cm³/mol. The Balaban J connectivity index is 0.00000984. The highest BCUT2D eigenvalue weighted by molar-refractivity contribution is 6.30. The first-order valence-corrected chi connectivity index (χ1v) is 24.4. The third-order valence-electron chi connectivity index (χ3n) is 12.1. The van der Waals surface area contributed by atoms with Crippen LogP contribution in [0, 0.1) is 11.3 Å². The molecule has 5 amide bonds. The van der Waals surface area contributed by atoms with E-state index < -0.39 is 71.5 Å². The summed E-state index contributed by atoms with van der Waals surface area (Å²) in [6.45, 7) is 2.03. The van der Waals surface area contributed by atoms with Crippen LogP contribution in [0.4, 0.5) is 31.1 Å². The topological polar surface area (TPSA) is 175 Å². The van der Waals surface area contributed by atoms with Crippen LogP contribution < -0.4 is 29.6 Å². The molecule has 0 bridgehead atoms. The van der Waals surface area contributed by atoms with Gasteiger partial charge in [0.2, 0.25) is 11.8 Å². The lowest BCUT2D eigenvalue weighted by Crippen LogP contribution is -2.57. The number of carbonyl (C=O) groups excluding carboxylic acids is 4. The predicted octanol–water partition coefficient (Wildman–Crippen LogP) is 10.7. The summed E-state index contributed by atoms with van der Waals surface area (Å²) in [6.07, 6.45) is -9.19. The van der Waals surface area contributed by atoms with Crippen LogP contribution in [0.1, 0.15) is 72.3 Å². The van der Waals surface area contributed by atoms with Crippen LogP contribution in [0.25, 0.3) is 6.08 Å². The monoisotopic (exact) mass is 1120 g/mol. The van der Waals surface area contributed by atoms with Gasteiger partial charge in [0.1, 0.15) is 48.2 Å². The molecule has 2 heterocycles. The minimum atomic E-state index is -5.11. The number of carbonyl (C=O) groups is 4. The smallest absolute Gasteiger partial charge is 0.416 e. The molecular weight excluding hydrogens is 1070 g/mol. The Hall–Kier alpha value is -7.96. The summed E-state index contributed by atoms with van der Waals surface area (Å²) in [5, 5.41) is 15.9. The molecule has 1 saturated heterocycles. The Labute approximate surface area is 455 Å². The van der Waals surface area contributed by atoms with Crippen molar-refractivity contribution in [2.24, 2.45) is 4.99 Å². The number of hydrogen-bond acceptors (Lipinski definition) is 10. The number of benzene rings is 5. The van der Waals surface area contributed by atoms with Crippen LogP contribution in [-0.4, -0.2) is 104 Å². The number of piperazine rings is 1. The number of alkyl halides is 6. The van der Waals surface area contributed by atoms with Crippen molar-refractivity contribution < 1.29 is 64.5 Å². The average Bonchev–Trinajstić information content (AvgIpc) is 3.90. The van der Waals surface area contributed by atoms with Gasteiger partial charge in [-0.05, 0) is 97.3 Å². The van der Waals surface area contributed by atoms with Gasteiger partial charge in [-0.1, -0.05) is 67.0 Å². The van der Waals surface area contributed by atoms with Crippen LogP contribution >= 0.6 is 23.2 Å². The van der Waals surface area contributed by atoms with Gasteiger partial charge in [-0.3, -0.25) is 24.3 Å². The molecule has 2 aliphatic rings. The van der Waals surface area contributed by atoms with Crippen LogP contribution in [0.15, 0.2) is 114 Å². The Morgan fingerprint density at radius 3 is 2.08 bits per heavy atom. The van der Waals surface area contributed by atoms with E-state index in [9.17, 15) is 46.0 Å². The molecule has 0 radical (unpaired) electrons. The van der Waals surface area contributed by atoms with E-state index in [2.05, 4.69) is 10.6 Å². The van der Waals surface area contributed by atoms with Gasteiger partial charge < -0.3 is 39.4 Å². The van der Waals surface area contributed by atoms with Crippen molar-refractivity contribution in [1.29, 1.82) is 5.26 Å². The third kappa shape index (κ3) is 14.3. The average molecular weight is 1120 g/mol. The third-order valence-corrected chi connectivity index (χ3v) is 12.6. The van der Waals surface area contributed by atoms with Crippen LogP contribution in [-0.2, 0) is 33.3 Å². The molecule has 23 heteroatoms. The number of nitrogens with one attached hydrogen (secondary N) is 2. The fourth-order valence-corrected chi connectivity index (χ4v) is 8.67. The Morgan fingerprint density at radius 1 is 0.808 bits per heavy atom. The molecule has 2 atom stereocenters. The highest BCUT2D eigenvalue weighted by Crippen LogP contribution is 2.46. The number of hydrogen-bond donors (Lipinski definition) is 2. The van der Waals surface area contributed by atoms with Crippen molar-refractivity contribution in [2.75, 3.05) is 53.5 Å². The van der Waals surface area contributed by atoms with Gasteiger partial charge in [0.05, 0.1) is 49.6 Å². The summed E-state index contributed by atoms with van der Waals surface area (Å²) >= 11 is 12.6. The first-order chi connectivity index (χ1) is 36.6. The summed E-state index contributed by atoms with van der Waals surface area (Å²) in [7, 11) is 2.75. The van der Waals surface area contributed by atoms with Gasteiger partial charge in [0.25, 0.3) is 5.91 Å². The molecule has 0 saturated carbocycles. The number of halogens is 8. The number of methoxy groups -OCH3 is 2. The maximum atomic E-state index is 15.1. The van der Waals surface area contributed by atoms with Gasteiger partial charge in [-0.2, -0.15) is 31.6 Å². The summed E-state index contributed by atoms with van der Waals surface area (Å²) in [5.41, 5.74) is -1.73. The second-order valence-corrected chi connectivity index (χ2v) is 18.6. The summed E-state index contributed by atoms with van der Waals surface area (Å²) in [6, 6.07) is 24.4. The molecule has 0 unspecified atom stereocenters. The fourth-order valence-electron chi connectivity index (χ4n) is 8.42. The SMILES string of the molecule is C.COc1ccc(C2=N[C@H](c3ccc(Cl)cc3)[C@H](c3ccc(Cl)cc3)N2C(=O)N2CCN(CC(=O)NCCNC(=O)/C(C#N)=C/c3ccc(OCc4ccc(C(F)(F)F)cc4C(F)(F)F)c(OC)c3)C(=O)C2)c(OC(C)C)c1. The van der Waals surface area contributed by atoms with Gasteiger partial charge in [-0.25, -0.2) is 4.79 Å². The molecule has 78 heavy (non-hydrogen) atoms. The lowest BCUT2D eigenvalue weighted by molar-refractivity contribution is -0.143. The number of amidine groups is 1. The second kappa shape index (κ2) is 25.5. The lowest BCUT2D eigenvalue weighted by atomic mass is 9.93. The summed E-state index contributed by atoms with van der Waals surface area (Å²) in [5.74, 6) is -0.795. The Kier molecular flexibility index (Phi) is 19.4. The first-order valence-electron chi connectivity index (χ1n) is 23.6. The first kappa shape index (κ1) is 59.3. The van der Waals surface area contributed by atoms with Crippen LogP contribution in [0.5, 0.6) is 23.0 Å². The molecule has 2 aliphatic heterocycles. The van der Waals surface area contributed by atoms with Crippen molar-refractivity contribution in [3.05, 3.63) is 158 Å². The number of nitrogens with zero attached hydrogens (tertiary/aromatic N) is 5. The van der Waals surface area contributed by atoms with E-state index >= 15 is 4.79 Å². The summed E-state index contributed by atoms with van der Waals surface area (Å²) in [4.78, 5) is 64.4. The van der Waals surface area contributed by atoms with Crippen LogP contribution in [0.2, 0.25) is 10.0 Å². The minimum Gasteiger partial charge on any atom is -0.497 e. The van der Waals surface area contributed by atoms with Crippen molar-refractivity contribution in [3.63, 3.8) is 0 Å². The number of nitriles is 1. The van der Waals surface area contributed by atoms with E-state index in [-0.39, 0.29) is 87.3 Å². The van der Waals surface area contributed by atoms with E-state index in [0.717, 1.165) is 5.56 Å². The van der Waals surface area contributed by atoms with E-state index in [4.69, 9.17) is 47.1 Å². The molecule has 2 N–H and O–H groups in total. The fraction of sp³-hybridized carbons (Fsp3) is 0.309. The number of amides is 5. The van der Waals surface area contributed by atoms with Gasteiger partial charge >= 0.3 is 18.4 Å². The Bertz CT molecular complexity index is 3110. The van der Waals surface area contributed by atoms with E-state index in [1.165, 1.54) is 48.3 Å². The van der Waals surface area contributed by atoms with Gasteiger partial charge in [0, 0.05) is 47.9 Å². The lowest BCUT2D eigenvalue weighted by Gasteiger charge is -2.38. The minimum absolute atomic E-state index is 0. The molecule has 15 nitrogen and oxygen atoms in total. The highest BCUT2D eigenvalue weighted by atomic mass is 35.5. The van der Waals surface area contributed by atoms with Gasteiger partial charge in [-0.15, -0.1) is 0 Å². The molecule has 0 spiro atoms. The van der Waals surface area contributed by atoms with Crippen molar-refractivity contribution in [3.8, 4) is 29.1 Å². The van der Waals surface area contributed by atoms with Crippen LogP contribution in [0.3, 0.4) is 0 Å². The molecule has 0 aliphatic carbocycles. The van der Waals surface area contributed by atoms with Crippen molar-refractivity contribution >= 4 is 58.9 Å². The number of aliphatic imine (C=N–C) groups is 1. The zero-order chi connectivity index (χ0) is 55.8. The molecule has 5 aromatic carbocycles. The largest absolute Gasteiger partial charge is 0.497 e. The van der Waals surface area contributed by atoms with Crippen molar-refractivity contribution in [2.45, 2.75) is 58.4 Å². The summed E-state index contributed by atoms with van der Waals surface area (Å²) < 4.78 is 103. The molecule has 1 fully saturated rings. The number of ether oxygens (including phenoxy) is 4. The van der Waals surface area contributed by atoms with Crippen molar-refractivity contribution in [1.82, 2.24) is 25.3 Å². The van der Waals surface area contributed by atoms with E-state index in [1.807, 2.05) is 38.1 Å². The molecular formula is C55H53Cl2F6N7O8. The highest BCUT2D eigenvalue weighted by Gasteiger charge is 2.46. The van der Waals surface area contributed by atoms with E-state index in [0.29, 0.717) is 44.8 Å². The van der Waals surface area contributed by atoms with E-state index in [1.54, 1.807) is 53.4 Å². The Morgan fingerprint density at radius 2 is 1.47 bits per heavy atom.